The van der Waals surface area contributed by atoms with Crippen LogP contribution >= 0.6 is 11.8 Å². The number of likely N-dealkylation sites (tertiary alicyclic amines) is 1. The molecule has 90 valence electrons. The standard InChI is InChI=1S/C12H20N2OS/c1-10(2)9-11(15)13-12(16-3)14-7-5-4-6-8-14/h9H,4-8H2,1-3H3. The number of carbonyl (C=O) groups is 1. The fourth-order valence-corrected chi connectivity index (χ4v) is 2.33. The van der Waals surface area contributed by atoms with Crippen molar-refractivity contribution < 1.29 is 4.79 Å². The molecule has 0 aromatic carbocycles. The molecule has 0 radical (unpaired) electrons. The van der Waals surface area contributed by atoms with E-state index in [0.717, 1.165) is 23.8 Å². The van der Waals surface area contributed by atoms with E-state index in [2.05, 4.69) is 9.89 Å². The van der Waals surface area contributed by atoms with Crippen LogP contribution in [0.3, 0.4) is 0 Å². The van der Waals surface area contributed by atoms with E-state index in [1.54, 1.807) is 17.8 Å². The van der Waals surface area contributed by atoms with Crippen molar-refractivity contribution in [3.63, 3.8) is 0 Å². The van der Waals surface area contributed by atoms with E-state index in [4.69, 9.17) is 0 Å². The van der Waals surface area contributed by atoms with E-state index < -0.39 is 0 Å². The second-order valence-electron chi connectivity index (χ2n) is 4.21. The van der Waals surface area contributed by atoms with Crippen molar-refractivity contribution >= 4 is 22.8 Å². The molecule has 1 rings (SSSR count). The summed E-state index contributed by atoms with van der Waals surface area (Å²) >= 11 is 1.56. The lowest BCUT2D eigenvalue weighted by Crippen LogP contribution is -2.34. The van der Waals surface area contributed by atoms with Gasteiger partial charge in [-0.1, -0.05) is 17.3 Å². The third-order valence-corrected chi connectivity index (χ3v) is 3.14. The van der Waals surface area contributed by atoms with Gasteiger partial charge in [0, 0.05) is 19.2 Å². The molecule has 1 heterocycles. The minimum Gasteiger partial charge on any atom is -0.351 e. The fraction of sp³-hybridized carbons (Fsp3) is 0.667. The summed E-state index contributed by atoms with van der Waals surface area (Å²) in [6, 6.07) is 0. The Labute approximate surface area is 102 Å². The predicted octanol–water partition coefficient (Wildman–Crippen LogP) is 2.68. The van der Waals surface area contributed by atoms with Gasteiger partial charge in [-0.15, -0.1) is 0 Å². The average Bonchev–Trinajstić information content (AvgIpc) is 2.26. The number of nitrogens with zero attached hydrogens (tertiary/aromatic N) is 2. The van der Waals surface area contributed by atoms with Crippen LogP contribution in [0.5, 0.6) is 0 Å². The molecule has 16 heavy (non-hydrogen) atoms. The topological polar surface area (TPSA) is 32.7 Å². The first kappa shape index (κ1) is 13.3. The third-order valence-electron chi connectivity index (χ3n) is 2.43. The van der Waals surface area contributed by atoms with Gasteiger partial charge in [0.2, 0.25) is 0 Å². The van der Waals surface area contributed by atoms with Gasteiger partial charge >= 0.3 is 0 Å². The fourth-order valence-electron chi connectivity index (χ4n) is 1.70. The Kier molecular flexibility index (Phi) is 5.60. The van der Waals surface area contributed by atoms with Crippen molar-refractivity contribution in [3.05, 3.63) is 11.6 Å². The number of hydrogen-bond acceptors (Lipinski definition) is 2. The highest BCUT2D eigenvalue weighted by Gasteiger charge is 2.14. The molecule has 0 aromatic rings. The molecular weight excluding hydrogens is 220 g/mol. The molecule has 0 atom stereocenters. The minimum absolute atomic E-state index is 0.144. The quantitative estimate of drug-likeness (QED) is 0.401. The smallest absolute Gasteiger partial charge is 0.272 e. The molecule has 0 N–H and O–H groups in total. The Morgan fingerprint density at radius 3 is 2.38 bits per heavy atom. The lowest BCUT2D eigenvalue weighted by atomic mass is 10.1. The average molecular weight is 240 g/mol. The van der Waals surface area contributed by atoms with E-state index in [1.807, 2.05) is 20.1 Å². The molecule has 3 nitrogen and oxygen atoms in total. The summed E-state index contributed by atoms with van der Waals surface area (Å²) in [5.41, 5.74) is 0.993. The van der Waals surface area contributed by atoms with Gasteiger partial charge < -0.3 is 4.90 Å². The Bertz CT molecular complexity index is 300. The Balaban J connectivity index is 2.68. The summed E-state index contributed by atoms with van der Waals surface area (Å²) in [4.78, 5) is 17.9. The van der Waals surface area contributed by atoms with Crippen LogP contribution in [0.15, 0.2) is 16.6 Å². The highest BCUT2D eigenvalue weighted by Crippen LogP contribution is 2.14. The van der Waals surface area contributed by atoms with Crippen LogP contribution in [0.25, 0.3) is 0 Å². The summed E-state index contributed by atoms with van der Waals surface area (Å²) in [6.07, 6.45) is 7.26. The number of amides is 1. The number of amidine groups is 1. The Morgan fingerprint density at radius 2 is 1.88 bits per heavy atom. The van der Waals surface area contributed by atoms with Gasteiger partial charge in [0.05, 0.1) is 0 Å². The molecule has 4 heteroatoms. The van der Waals surface area contributed by atoms with Gasteiger partial charge in [0.1, 0.15) is 0 Å². The Morgan fingerprint density at radius 1 is 1.25 bits per heavy atom. The third kappa shape index (κ3) is 4.39. The molecule has 0 aromatic heterocycles. The van der Waals surface area contributed by atoms with E-state index in [0.29, 0.717) is 0 Å². The first-order valence-electron chi connectivity index (χ1n) is 5.70. The van der Waals surface area contributed by atoms with E-state index >= 15 is 0 Å². The number of allylic oxidation sites excluding steroid dienone is 1. The lowest BCUT2D eigenvalue weighted by Gasteiger charge is -2.28. The molecule has 0 aliphatic carbocycles. The van der Waals surface area contributed by atoms with Crippen molar-refractivity contribution in [3.8, 4) is 0 Å². The van der Waals surface area contributed by atoms with Crippen molar-refractivity contribution in [2.24, 2.45) is 4.99 Å². The van der Waals surface area contributed by atoms with Gasteiger partial charge in [-0.25, -0.2) is 0 Å². The SMILES string of the molecule is CSC(=NC(=O)C=C(C)C)N1CCCCC1. The van der Waals surface area contributed by atoms with Crippen molar-refractivity contribution in [1.82, 2.24) is 4.90 Å². The van der Waals surface area contributed by atoms with E-state index in [1.165, 1.54) is 19.3 Å². The number of carbonyl (C=O) groups excluding carboxylic acids is 1. The van der Waals surface area contributed by atoms with Crippen LogP contribution in [-0.2, 0) is 4.79 Å². The zero-order chi connectivity index (χ0) is 12.0. The zero-order valence-corrected chi connectivity index (χ0v) is 11.1. The largest absolute Gasteiger partial charge is 0.351 e. The van der Waals surface area contributed by atoms with Crippen LogP contribution < -0.4 is 0 Å². The minimum atomic E-state index is -0.144. The molecule has 1 amide bonds. The van der Waals surface area contributed by atoms with Crippen molar-refractivity contribution in [2.75, 3.05) is 19.3 Å². The second-order valence-corrected chi connectivity index (χ2v) is 4.98. The molecule has 1 aliphatic heterocycles. The van der Waals surface area contributed by atoms with Gasteiger partial charge in [-0.05, 0) is 39.4 Å². The number of aliphatic imine (C=N–C) groups is 1. The van der Waals surface area contributed by atoms with Crippen LogP contribution in [0, 0.1) is 0 Å². The molecule has 1 saturated heterocycles. The van der Waals surface area contributed by atoms with Crippen LogP contribution in [0.4, 0.5) is 0 Å². The number of thioether (sulfide) groups is 1. The molecule has 1 fully saturated rings. The van der Waals surface area contributed by atoms with Crippen LogP contribution in [-0.4, -0.2) is 35.3 Å². The maximum atomic E-state index is 11.6. The molecule has 0 unspecified atom stereocenters. The van der Waals surface area contributed by atoms with Gasteiger partial charge in [-0.3, -0.25) is 4.79 Å². The second kappa shape index (κ2) is 6.74. The first-order chi connectivity index (χ1) is 7.63. The monoisotopic (exact) mass is 240 g/mol. The van der Waals surface area contributed by atoms with Gasteiger partial charge in [0.25, 0.3) is 5.91 Å². The summed E-state index contributed by atoms with van der Waals surface area (Å²) < 4.78 is 0. The predicted molar refractivity (Wildman–Crippen MR) is 70.8 cm³/mol. The molecule has 1 aliphatic rings. The van der Waals surface area contributed by atoms with Crippen LogP contribution in [0.2, 0.25) is 0 Å². The number of rotatable bonds is 1. The van der Waals surface area contributed by atoms with E-state index in [9.17, 15) is 4.79 Å². The highest BCUT2D eigenvalue weighted by molar-refractivity contribution is 8.13. The molecule has 0 spiro atoms. The zero-order valence-electron chi connectivity index (χ0n) is 10.3. The van der Waals surface area contributed by atoms with Crippen LogP contribution in [0.1, 0.15) is 33.1 Å². The van der Waals surface area contributed by atoms with Crippen molar-refractivity contribution in [2.45, 2.75) is 33.1 Å². The van der Waals surface area contributed by atoms with Gasteiger partial charge in [-0.2, -0.15) is 4.99 Å². The Hall–Kier alpha value is -0.770. The summed E-state index contributed by atoms with van der Waals surface area (Å²) in [5, 5.41) is 0.863. The maximum Gasteiger partial charge on any atom is 0.272 e. The molecule has 0 saturated carbocycles. The van der Waals surface area contributed by atoms with E-state index in [-0.39, 0.29) is 5.91 Å². The summed E-state index contributed by atoms with van der Waals surface area (Å²) in [7, 11) is 0. The highest BCUT2D eigenvalue weighted by atomic mass is 32.2. The normalized spacial score (nSPS) is 17.2. The first-order valence-corrected chi connectivity index (χ1v) is 6.92. The number of piperidine rings is 1. The van der Waals surface area contributed by atoms with Crippen molar-refractivity contribution in [1.29, 1.82) is 0 Å². The summed E-state index contributed by atoms with van der Waals surface area (Å²) in [6.45, 7) is 5.88. The lowest BCUT2D eigenvalue weighted by molar-refractivity contribution is -0.113. The number of hydrogen-bond donors (Lipinski definition) is 0. The summed E-state index contributed by atoms with van der Waals surface area (Å²) in [5.74, 6) is -0.144. The molecule has 0 bridgehead atoms. The van der Waals surface area contributed by atoms with Gasteiger partial charge in [0.15, 0.2) is 5.17 Å². The molecular formula is C12H20N2OS. The maximum absolute atomic E-state index is 11.6.